The van der Waals surface area contributed by atoms with Crippen molar-refractivity contribution in [3.05, 3.63) is 0 Å². The van der Waals surface area contributed by atoms with Crippen molar-refractivity contribution < 1.29 is 9.22 Å². The van der Waals surface area contributed by atoms with Gasteiger partial charge in [0, 0.05) is 0 Å². The standard InChI is InChI=1S/C13H30NO/c1-5-6-7-8-9-10-11-12-15-13-14(2,3)4/h5-13H2,1-4H3/q+1. The minimum Gasteiger partial charge on any atom is -0.332 e. The van der Waals surface area contributed by atoms with Crippen LogP contribution in [-0.2, 0) is 4.74 Å². The van der Waals surface area contributed by atoms with Gasteiger partial charge in [-0.2, -0.15) is 0 Å². The van der Waals surface area contributed by atoms with E-state index in [0.717, 1.165) is 17.8 Å². The van der Waals surface area contributed by atoms with Gasteiger partial charge in [-0.1, -0.05) is 45.4 Å². The lowest BCUT2D eigenvalue weighted by Gasteiger charge is -2.23. The molecule has 0 aliphatic heterocycles. The normalized spacial score (nSPS) is 12.0. The molecule has 0 atom stereocenters. The number of hydrogen-bond donors (Lipinski definition) is 0. The van der Waals surface area contributed by atoms with Crippen LogP contribution in [0.2, 0.25) is 0 Å². The van der Waals surface area contributed by atoms with Gasteiger partial charge >= 0.3 is 0 Å². The van der Waals surface area contributed by atoms with E-state index in [1.165, 1.54) is 44.9 Å². The summed E-state index contributed by atoms with van der Waals surface area (Å²) in [5, 5.41) is 0. The third-order valence-electron chi connectivity index (χ3n) is 2.37. The minimum absolute atomic E-state index is 0.829. The molecular formula is C13H30NO+. The summed E-state index contributed by atoms with van der Waals surface area (Å²) >= 11 is 0. The van der Waals surface area contributed by atoms with E-state index < -0.39 is 0 Å². The topological polar surface area (TPSA) is 9.23 Å². The summed E-state index contributed by atoms with van der Waals surface area (Å²) in [5.41, 5.74) is 0. The van der Waals surface area contributed by atoms with E-state index in [0.29, 0.717) is 0 Å². The van der Waals surface area contributed by atoms with Crippen LogP contribution in [0.1, 0.15) is 51.9 Å². The molecular weight excluding hydrogens is 186 g/mol. The summed E-state index contributed by atoms with van der Waals surface area (Å²) in [5.74, 6) is 0. The van der Waals surface area contributed by atoms with E-state index in [-0.39, 0.29) is 0 Å². The second kappa shape index (κ2) is 9.17. The van der Waals surface area contributed by atoms with Crippen molar-refractivity contribution in [3.8, 4) is 0 Å². The third-order valence-corrected chi connectivity index (χ3v) is 2.37. The van der Waals surface area contributed by atoms with Crippen LogP contribution in [0, 0.1) is 0 Å². The van der Waals surface area contributed by atoms with Crippen molar-refractivity contribution in [1.82, 2.24) is 0 Å². The number of ether oxygens (including phenoxy) is 1. The van der Waals surface area contributed by atoms with E-state index in [4.69, 9.17) is 4.74 Å². The van der Waals surface area contributed by atoms with E-state index in [2.05, 4.69) is 28.1 Å². The zero-order valence-corrected chi connectivity index (χ0v) is 11.2. The molecule has 15 heavy (non-hydrogen) atoms. The molecule has 0 aromatic heterocycles. The Bertz CT molecular complexity index is 129. The highest BCUT2D eigenvalue weighted by Gasteiger charge is 2.04. The van der Waals surface area contributed by atoms with Gasteiger partial charge in [0.1, 0.15) is 0 Å². The summed E-state index contributed by atoms with van der Waals surface area (Å²) in [6, 6.07) is 0. The van der Waals surface area contributed by atoms with E-state index in [9.17, 15) is 0 Å². The largest absolute Gasteiger partial charge is 0.332 e. The van der Waals surface area contributed by atoms with E-state index in [1.54, 1.807) is 0 Å². The van der Waals surface area contributed by atoms with E-state index >= 15 is 0 Å². The lowest BCUT2D eigenvalue weighted by Crippen LogP contribution is -2.36. The number of nitrogens with zero attached hydrogens (tertiary/aromatic N) is 1. The average molecular weight is 216 g/mol. The van der Waals surface area contributed by atoms with Crippen LogP contribution in [0.5, 0.6) is 0 Å². The molecule has 0 saturated carbocycles. The zero-order valence-electron chi connectivity index (χ0n) is 11.2. The summed E-state index contributed by atoms with van der Waals surface area (Å²) < 4.78 is 6.50. The van der Waals surface area contributed by atoms with Gasteiger partial charge in [0.15, 0.2) is 6.73 Å². The quantitative estimate of drug-likeness (QED) is 0.309. The van der Waals surface area contributed by atoms with Gasteiger partial charge in [0.2, 0.25) is 0 Å². The van der Waals surface area contributed by atoms with Crippen molar-refractivity contribution in [2.75, 3.05) is 34.5 Å². The van der Waals surface area contributed by atoms with Crippen molar-refractivity contribution in [2.45, 2.75) is 51.9 Å². The summed E-state index contributed by atoms with van der Waals surface area (Å²) in [6.45, 7) is 4.03. The molecule has 2 heteroatoms. The Labute approximate surface area is 96.2 Å². The molecule has 0 N–H and O–H groups in total. The van der Waals surface area contributed by atoms with Crippen LogP contribution in [0.3, 0.4) is 0 Å². The predicted octanol–water partition coefficient (Wildman–Crippen LogP) is 3.42. The highest BCUT2D eigenvalue weighted by Crippen LogP contribution is 2.06. The fraction of sp³-hybridized carbons (Fsp3) is 1.00. The molecule has 0 aliphatic rings. The summed E-state index contributed by atoms with van der Waals surface area (Å²) in [4.78, 5) is 0. The smallest absolute Gasteiger partial charge is 0.182 e. The van der Waals surface area contributed by atoms with Crippen LogP contribution in [0.4, 0.5) is 0 Å². The highest BCUT2D eigenvalue weighted by atomic mass is 16.5. The van der Waals surface area contributed by atoms with Gasteiger partial charge in [-0.25, -0.2) is 0 Å². The third kappa shape index (κ3) is 13.9. The number of rotatable bonds is 10. The van der Waals surface area contributed by atoms with E-state index in [1.807, 2.05) is 0 Å². The second-order valence-corrected chi connectivity index (χ2v) is 5.45. The van der Waals surface area contributed by atoms with Crippen molar-refractivity contribution >= 4 is 0 Å². The highest BCUT2D eigenvalue weighted by molar-refractivity contribution is 4.44. The van der Waals surface area contributed by atoms with Gasteiger partial charge in [0.05, 0.1) is 27.7 Å². The molecule has 0 aromatic rings. The molecule has 0 bridgehead atoms. The first-order valence-electron chi connectivity index (χ1n) is 6.44. The van der Waals surface area contributed by atoms with Crippen molar-refractivity contribution in [2.24, 2.45) is 0 Å². The Balaban J connectivity index is 2.99. The van der Waals surface area contributed by atoms with Crippen LogP contribution in [-0.4, -0.2) is 39.0 Å². The summed E-state index contributed by atoms with van der Waals surface area (Å²) in [6.07, 6.45) is 9.50. The molecule has 0 aliphatic carbocycles. The Kier molecular flexibility index (Phi) is 9.12. The van der Waals surface area contributed by atoms with Gasteiger partial charge in [-0.15, -0.1) is 0 Å². The fourth-order valence-electron chi connectivity index (χ4n) is 1.50. The Morgan fingerprint density at radius 2 is 1.33 bits per heavy atom. The van der Waals surface area contributed by atoms with Crippen molar-refractivity contribution in [1.29, 1.82) is 0 Å². The molecule has 0 rings (SSSR count). The van der Waals surface area contributed by atoms with Crippen LogP contribution < -0.4 is 0 Å². The zero-order chi connectivity index (χ0) is 11.6. The predicted molar refractivity (Wildman–Crippen MR) is 66.8 cm³/mol. The maximum atomic E-state index is 5.60. The molecule has 0 heterocycles. The van der Waals surface area contributed by atoms with Gasteiger partial charge in [-0.05, 0) is 6.42 Å². The lowest BCUT2D eigenvalue weighted by atomic mass is 10.1. The van der Waals surface area contributed by atoms with Gasteiger partial charge in [-0.3, -0.25) is 0 Å². The maximum Gasteiger partial charge on any atom is 0.182 e. The molecule has 0 fully saturated rings. The van der Waals surface area contributed by atoms with Crippen molar-refractivity contribution in [3.63, 3.8) is 0 Å². The first kappa shape index (κ1) is 14.9. The monoisotopic (exact) mass is 216 g/mol. The minimum atomic E-state index is 0.829. The number of unbranched alkanes of at least 4 members (excludes halogenated alkanes) is 6. The maximum absolute atomic E-state index is 5.60. The molecule has 0 radical (unpaired) electrons. The summed E-state index contributed by atoms with van der Waals surface area (Å²) in [7, 11) is 6.47. The molecule has 2 nitrogen and oxygen atoms in total. The Morgan fingerprint density at radius 3 is 1.87 bits per heavy atom. The van der Waals surface area contributed by atoms with Gasteiger partial charge < -0.3 is 9.22 Å². The molecule has 0 unspecified atom stereocenters. The molecule has 0 spiro atoms. The molecule has 0 amide bonds. The first-order valence-corrected chi connectivity index (χ1v) is 6.44. The van der Waals surface area contributed by atoms with Crippen LogP contribution in [0.15, 0.2) is 0 Å². The number of quaternary nitrogens is 1. The SMILES string of the molecule is CCCCCCCCCOC[N+](C)(C)C. The van der Waals surface area contributed by atoms with Crippen LogP contribution in [0.25, 0.3) is 0 Å². The molecule has 0 saturated heterocycles. The number of hydrogen-bond acceptors (Lipinski definition) is 1. The average Bonchev–Trinajstić information content (AvgIpc) is 2.14. The molecule has 0 aromatic carbocycles. The second-order valence-electron chi connectivity index (χ2n) is 5.45. The Hall–Kier alpha value is -0.0800. The van der Waals surface area contributed by atoms with Gasteiger partial charge in [0.25, 0.3) is 0 Å². The lowest BCUT2D eigenvalue weighted by molar-refractivity contribution is -0.890. The Morgan fingerprint density at radius 1 is 0.800 bits per heavy atom. The fourth-order valence-corrected chi connectivity index (χ4v) is 1.50. The first-order chi connectivity index (χ1) is 7.06. The van der Waals surface area contributed by atoms with Crippen LogP contribution >= 0.6 is 0 Å². The molecule has 92 valence electrons.